The smallest absolute Gasteiger partial charge is 0.389 e. The fourth-order valence-electron chi connectivity index (χ4n) is 3.74. The van der Waals surface area contributed by atoms with Crippen LogP contribution in [0.5, 0.6) is 0 Å². The lowest BCUT2D eigenvalue weighted by Crippen LogP contribution is -2.51. The highest BCUT2D eigenvalue weighted by atomic mass is 32.1. The molecule has 2 aromatic heterocycles. The van der Waals surface area contributed by atoms with E-state index in [-0.39, 0.29) is 42.1 Å². The quantitative estimate of drug-likeness (QED) is 0.218. The Hall–Kier alpha value is -3.43. The molecule has 40 heavy (non-hydrogen) atoms. The third kappa shape index (κ3) is 9.06. The molecule has 3 rings (SSSR count). The molecule has 2 unspecified atom stereocenters. The second kappa shape index (κ2) is 13.8. The zero-order valence-electron chi connectivity index (χ0n) is 21.1. The topological polar surface area (TPSA) is 138 Å². The molecular weight excluding hydrogens is 563 g/mol. The minimum Gasteiger partial charge on any atom is -0.431 e. The first-order valence-corrected chi connectivity index (χ1v) is 13.1. The Labute approximate surface area is 229 Å². The van der Waals surface area contributed by atoms with E-state index < -0.39 is 66.1 Å². The largest absolute Gasteiger partial charge is 0.431 e. The van der Waals surface area contributed by atoms with Crippen molar-refractivity contribution in [2.24, 2.45) is 0 Å². The second-order valence-electron chi connectivity index (χ2n) is 9.04. The molecule has 4 N–H and O–H groups in total. The fourth-order valence-corrected chi connectivity index (χ4v) is 4.42. The summed E-state index contributed by atoms with van der Waals surface area (Å²) in [5, 5.41) is 27.0. The van der Waals surface area contributed by atoms with Crippen LogP contribution < -0.4 is 10.6 Å². The van der Waals surface area contributed by atoms with Crippen LogP contribution in [-0.2, 0) is 4.79 Å². The van der Waals surface area contributed by atoms with Crippen LogP contribution in [0.4, 0.5) is 22.0 Å². The number of hydrogen-bond acceptors (Lipinski definition) is 8. The summed E-state index contributed by atoms with van der Waals surface area (Å²) in [6, 6.07) is 0.0998. The van der Waals surface area contributed by atoms with Crippen LogP contribution in [0.25, 0.3) is 11.5 Å². The molecular formula is C25H27F5N4O5S. The van der Waals surface area contributed by atoms with E-state index in [4.69, 9.17) is 4.42 Å². The Bertz CT molecular complexity index is 1270. The Balaban J connectivity index is 1.76. The van der Waals surface area contributed by atoms with Crippen LogP contribution in [0.15, 0.2) is 40.4 Å². The first-order chi connectivity index (χ1) is 18.8. The van der Waals surface area contributed by atoms with Crippen molar-refractivity contribution < 1.29 is 46.2 Å². The molecule has 0 aliphatic rings. The molecule has 4 atom stereocenters. The summed E-state index contributed by atoms with van der Waals surface area (Å²) >= 11 is 1.05. The molecule has 0 bridgehead atoms. The van der Waals surface area contributed by atoms with E-state index in [9.17, 15) is 41.8 Å². The Morgan fingerprint density at radius 2 is 1.85 bits per heavy atom. The molecule has 2 amide bonds. The third-order valence-electron chi connectivity index (χ3n) is 5.77. The number of amides is 2. The van der Waals surface area contributed by atoms with Gasteiger partial charge in [0.25, 0.3) is 5.91 Å². The van der Waals surface area contributed by atoms with Crippen molar-refractivity contribution >= 4 is 23.2 Å². The van der Waals surface area contributed by atoms with E-state index >= 15 is 0 Å². The molecule has 15 heteroatoms. The summed E-state index contributed by atoms with van der Waals surface area (Å²) < 4.78 is 71.0. The van der Waals surface area contributed by atoms with Gasteiger partial charge in [0.15, 0.2) is 0 Å². The molecule has 0 radical (unpaired) electrons. The molecule has 218 valence electrons. The molecule has 9 nitrogen and oxygen atoms in total. The van der Waals surface area contributed by atoms with Crippen LogP contribution >= 0.6 is 11.3 Å². The highest BCUT2D eigenvalue weighted by Gasteiger charge is 2.32. The molecule has 0 saturated carbocycles. The molecule has 1 aromatic carbocycles. The van der Waals surface area contributed by atoms with E-state index in [0.29, 0.717) is 0 Å². The number of aliphatic hydroxyl groups excluding tert-OH is 2. The predicted molar refractivity (Wildman–Crippen MR) is 133 cm³/mol. The van der Waals surface area contributed by atoms with Crippen molar-refractivity contribution in [3.8, 4) is 11.5 Å². The van der Waals surface area contributed by atoms with Crippen LogP contribution in [0.1, 0.15) is 60.7 Å². The Morgan fingerprint density at radius 3 is 2.50 bits per heavy atom. The van der Waals surface area contributed by atoms with Crippen molar-refractivity contribution in [2.75, 3.05) is 0 Å². The monoisotopic (exact) mass is 590 g/mol. The number of halogens is 5. The summed E-state index contributed by atoms with van der Waals surface area (Å²) in [6.07, 6.45) is -6.15. The van der Waals surface area contributed by atoms with E-state index in [1.54, 1.807) is 5.38 Å². The van der Waals surface area contributed by atoms with E-state index in [1.807, 2.05) is 0 Å². The second-order valence-corrected chi connectivity index (χ2v) is 9.97. The molecule has 0 aliphatic heterocycles. The minimum absolute atomic E-state index is 0.0578. The van der Waals surface area contributed by atoms with Crippen molar-refractivity contribution in [1.29, 1.82) is 0 Å². The highest BCUT2D eigenvalue weighted by molar-refractivity contribution is 7.09. The summed E-state index contributed by atoms with van der Waals surface area (Å²) in [4.78, 5) is 33.8. The SMILES string of the molecule is CC(O)CC[C@H](NC(=O)c1cnc(-c2cc(F)ccc2F)o1)C(=O)N[C@@H](CCCC(F)(F)F)C(O)c1nccs1. The number of rotatable bonds is 13. The van der Waals surface area contributed by atoms with Crippen LogP contribution in [-0.4, -0.2) is 56.4 Å². The van der Waals surface area contributed by atoms with Gasteiger partial charge in [-0.05, 0) is 50.8 Å². The average Bonchev–Trinajstić information content (AvgIpc) is 3.59. The lowest BCUT2D eigenvalue weighted by Gasteiger charge is -2.26. The van der Waals surface area contributed by atoms with E-state index in [0.717, 1.165) is 35.7 Å². The van der Waals surface area contributed by atoms with Gasteiger partial charge in [0.05, 0.1) is 23.9 Å². The normalized spacial score (nSPS) is 14.8. The van der Waals surface area contributed by atoms with Crippen molar-refractivity contribution in [1.82, 2.24) is 20.6 Å². The third-order valence-corrected chi connectivity index (χ3v) is 6.62. The van der Waals surface area contributed by atoms with Gasteiger partial charge in [-0.1, -0.05) is 0 Å². The lowest BCUT2D eigenvalue weighted by atomic mass is 10.0. The number of thiazole rings is 1. The van der Waals surface area contributed by atoms with Gasteiger partial charge in [-0.15, -0.1) is 11.3 Å². The number of nitrogens with zero attached hydrogens (tertiary/aromatic N) is 2. The summed E-state index contributed by atoms with van der Waals surface area (Å²) in [5.41, 5.74) is -0.333. The number of carbonyl (C=O) groups excluding carboxylic acids is 2. The molecule has 0 saturated heterocycles. The zero-order valence-corrected chi connectivity index (χ0v) is 21.9. The minimum atomic E-state index is -4.43. The number of hydrogen-bond donors (Lipinski definition) is 4. The van der Waals surface area contributed by atoms with Crippen molar-refractivity contribution in [3.05, 3.63) is 58.4 Å². The number of alkyl halides is 3. The number of nitrogens with one attached hydrogen (secondary N) is 2. The lowest BCUT2D eigenvalue weighted by molar-refractivity contribution is -0.136. The first-order valence-electron chi connectivity index (χ1n) is 12.2. The number of benzene rings is 1. The summed E-state index contributed by atoms with van der Waals surface area (Å²) in [6.45, 7) is 1.46. The standard InChI is InChI=1S/C25H27F5N4O5S/c1-13(35)4-7-18(34-22(38)19-12-32-23(39-19)15-11-14(26)5-6-16(15)27)21(37)33-17(3-2-8-25(28,29)30)20(36)24-31-9-10-40-24/h5-6,9-13,17-18,20,35-36H,2-4,7-8H2,1H3,(H,33,37)(H,34,38)/t13?,17-,18-,20?/m0/s1. The van der Waals surface area contributed by atoms with Crippen molar-refractivity contribution in [2.45, 2.75) is 69.5 Å². The molecule has 2 heterocycles. The Kier molecular flexibility index (Phi) is 10.7. The van der Waals surface area contributed by atoms with Gasteiger partial charge < -0.3 is 25.3 Å². The molecule has 3 aromatic rings. The maximum absolute atomic E-state index is 14.1. The van der Waals surface area contributed by atoms with Gasteiger partial charge >= 0.3 is 6.18 Å². The average molecular weight is 591 g/mol. The first kappa shape index (κ1) is 31.1. The van der Waals surface area contributed by atoms with Gasteiger partial charge in [-0.2, -0.15) is 13.2 Å². The predicted octanol–water partition coefficient (Wildman–Crippen LogP) is 4.29. The van der Waals surface area contributed by atoms with E-state index in [1.165, 1.54) is 13.1 Å². The zero-order chi connectivity index (χ0) is 29.4. The van der Waals surface area contributed by atoms with Gasteiger partial charge in [-0.3, -0.25) is 9.59 Å². The Morgan fingerprint density at radius 1 is 1.10 bits per heavy atom. The molecule has 0 spiro atoms. The van der Waals surface area contributed by atoms with Crippen LogP contribution in [0.2, 0.25) is 0 Å². The number of carbonyl (C=O) groups is 2. The van der Waals surface area contributed by atoms with Crippen LogP contribution in [0, 0.1) is 11.6 Å². The van der Waals surface area contributed by atoms with E-state index in [2.05, 4.69) is 20.6 Å². The van der Waals surface area contributed by atoms with Crippen LogP contribution in [0.3, 0.4) is 0 Å². The fraction of sp³-hybridized carbons (Fsp3) is 0.440. The van der Waals surface area contributed by atoms with Gasteiger partial charge in [0, 0.05) is 18.0 Å². The van der Waals surface area contributed by atoms with Gasteiger partial charge in [0.1, 0.15) is 28.8 Å². The summed E-state index contributed by atoms with van der Waals surface area (Å²) in [5.74, 6) is -4.21. The van der Waals surface area contributed by atoms with Gasteiger partial charge in [0.2, 0.25) is 17.6 Å². The van der Waals surface area contributed by atoms with Crippen molar-refractivity contribution in [3.63, 3.8) is 0 Å². The number of oxazole rings is 1. The molecule has 0 fully saturated rings. The number of aromatic nitrogens is 2. The number of aliphatic hydroxyl groups is 2. The molecule has 0 aliphatic carbocycles. The summed E-state index contributed by atoms with van der Waals surface area (Å²) in [7, 11) is 0. The maximum atomic E-state index is 14.1. The maximum Gasteiger partial charge on any atom is 0.389 e. The highest BCUT2D eigenvalue weighted by Crippen LogP contribution is 2.27. The van der Waals surface area contributed by atoms with Gasteiger partial charge in [-0.25, -0.2) is 18.7 Å².